The van der Waals surface area contributed by atoms with Crippen LogP contribution in [-0.4, -0.2) is 17.8 Å². The Kier molecular flexibility index (Phi) is 6.73. The third-order valence-corrected chi connectivity index (χ3v) is 3.24. The molecule has 0 spiro atoms. The fourth-order valence-electron chi connectivity index (χ4n) is 1.39. The first-order valence-electron chi connectivity index (χ1n) is 5.43. The van der Waals surface area contributed by atoms with E-state index in [1.54, 1.807) is 6.07 Å². The van der Waals surface area contributed by atoms with E-state index >= 15 is 0 Å². The predicted octanol–water partition coefficient (Wildman–Crippen LogP) is 3.88. The summed E-state index contributed by atoms with van der Waals surface area (Å²) in [7, 11) is 0. The van der Waals surface area contributed by atoms with E-state index in [0.29, 0.717) is 16.6 Å². The molecule has 0 fully saturated rings. The van der Waals surface area contributed by atoms with Crippen molar-refractivity contribution >= 4 is 37.8 Å². The quantitative estimate of drug-likeness (QED) is 0.600. The summed E-state index contributed by atoms with van der Waals surface area (Å²) in [6.45, 7) is 0.625. The fraction of sp³-hybridized carbons (Fsp3) is 0.417. The molecule has 0 radical (unpaired) electrons. The van der Waals surface area contributed by atoms with Crippen LogP contribution >= 0.6 is 31.9 Å². The van der Waals surface area contributed by atoms with Gasteiger partial charge in [-0.1, -0.05) is 38.3 Å². The lowest BCUT2D eigenvalue weighted by Crippen LogP contribution is -2.24. The zero-order chi connectivity index (χ0) is 12.7. The van der Waals surface area contributed by atoms with Crippen molar-refractivity contribution in [1.82, 2.24) is 5.32 Å². The molecule has 0 saturated carbocycles. The normalized spacial score (nSPS) is 10.3. The van der Waals surface area contributed by atoms with Gasteiger partial charge in [-0.2, -0.15) is 0 Å². The summed E-state index contributed by atoms with van der Waals surface area (Å²) >= 11 is 6.51. The molecule has 0 aliphatic rings. The molecule has 0 aliphatic heterocycles. The van der Waals surface area contributed by atoms with E-state index in [0.717, 1.165) is 24.6 Å². The number of carbonyl (C=O) groups excluding carboxylic acids is 1. The first-order chi connectivity index (χ1) is 8.13. The number of halogens is 3. The molecule has 0 atom stereocenters. The molecular formula is C12H14Br2FNO. The van der Waals surface area contributed by atoms with Gasteiger partial charge in [-0.15, -0.1) is 0 Å². The maximum atomic E-state index is 13.1. The van der Waals surface area contributed by atoms with Crippen LogP contribution in [0.4, 0.5) is 4.39 Å². The van der Waals surface area contributed by atoms with Crippen molar-refractivity contribution in [2.45, 2.75) is 19.3 Å². The number of benzene rings is 1. The van der Waals surface area contributed by atoms with Crippen LogP contribution < -0.4 is 5.32 Å². The molecule has 2 nitrogen and oxygen atoms in total. The number of unbranched alkanes of at least 4 members (excludes halogenated alkanes) is 2. The first-order valence-corrected chi connectivity index (χ1v) is 7.35. The Morgan fingerprint density at radius 1 is 1.24 bits per heavy atom. The lowest BCUT2D eigenvalue weighted by molar-refractivity contribution is 0.0952. The van der Waals surface area contributed by atoms with Gasteiger partial charge in [-0.05, 0) is 31.0 Å². The fourth-order valence-corrected chi connectivity index (χ4v) is 2.25. The number of hydrogen-bond donors (Lipinski definition) is 1. The van der Waals surface area contributed by atoms with E-state index in [-0.39, 0.29) is 5.91 Å². The van der Waals surface area contributed by atoms with E-state index in [1.165, 1.54) is 12.1 Å². The highest BCUT2D eigenvalue weighted by Crippen LogP contribution is 2.14. The standard InChI is InChI=1S/C12H14Br2FNO/c13-4-2-1-3-5-16-12(17)9-6-10(14)8-11(15)7-9/h6-8H,1-5H2,(H,16,17). The Hall–Kier alpha value is -0.420. The minimum atomic E-state index is -0.413. The van der Waals surface area contributed by atoms with Gasteiger partial charge in [0, 0.05) is 21.9 Å². The van der Waals surface area contributed by atoms with Gasteiger partial charge in [0.25, 0.3) is 5.91 Å². The molecule has 1 aromatic rings. The maximum Gasteiger partial charge on any atom is 0.251 e. The molecule has 1 N–H and O–H groups in total. The minimum absolute atomic E-state index is 0.232. The summed E-state index contributed by atoms with van der Waals surface area (Å²) in [5.41, 5.74) is 0.345. The van der Waals surface area contributed by atoms with Crippen LogP contribution in [0.1, 0.15) is 29.6 Å². The Morgan fingerprint density at radius 3 is 2.65 bits per heavy atom. The zero-order valence-electron chi connectivity index (χ0n) is 9.31. The predicted molar refractivity (Wildman–Crippen MR) is 74.1 cm³/mol. The van der Waals surface area contributed by atoms with Crippen LogP contribution in [0, 0.1) is 5.82 Å². The highest BCUT2D eigenvalue weighted by molar-refractivity contribution is 9.10. The number of hydrogen-bond acceptors (Lipinski definition) is 1. The van der Waals surface area contributed by atoms with E-state index < -0.39 is 5.82 Å². The second-order valence-corrected chi connectivity index (χ2v) is 5.37. The number of amides is 1. The van der Waals surface area contributed by atoms with Gasteiger partial charge in [-0.3, -0.25) is 4.79 Å². The number of alkyl halides is 1. The van der Waals surface area contributed by atoms with Gasteiger partial charge < -0.3 is 5.32 Å². The Bertz CT molecular complexity index is 365. The molecule has 17 heavy (non-hydrogen) atoms. The van der Waals surface area contributed by atoms with Gasteiger partial charge in [-0.25, -0.2) is 4.39 Å². The lowest BCUT2D eigenvalue weighted by atomic mass is 10.2. The highest BCUT2D eigenvalue weighted by Gasteiger charge is 2.07. The molecule has 0 aliphatic carbocycles. The second-order valence-electron chi connectivity index (χ2n) is 3.66. The van der Waals surface area contributed by atoms with Crippen molar-refractivity contribution in [3.8, 4) is 0 Å². The Labute approximate surface area is 117 Å². The summed E-state index contributed by atoms with van der Waals surface area (Å²) in [5.74, 6) is -0.646. The Balaban J connectivity index is 2.41. The summed E-state index contributed by atoms with van der Waals surface area (Å²) in [5, 5.41) is 3.75. The van der Waals surface area contributed by atoms with Crippen LogP contribution in [0.25, 0.3) is 0 Å². The van der Waals surface area contributed by atoms with Crippen molar-refractivity contribution in [2.75, 3.05) is 11.9 Å². The van der Waals surface area contributed by atoms with Crippen LogP contribution in [0.5, 0.6) is 0 Å². The average molecular weight is 367 g/mol. The van der Waals surface area contributed by atoms with Gasteiger partial charge in [0.1, 0.15) is 5.82 Å². The zero-order valence-corrected chi connectivity index (χ0v) is 12.5. The molecule has 5 heteroatoms. The van der Waals surface area contributed by atoms with E-state index in [9.17, 15) is 9.18 Å². The lowest BCUT2D eigenvalue weighted by Gasteiger charge is -2.05. The van der Waals surface area contributed by atoms with Crippen molar-refractivity contribution in [2.24, 2.45) is 0 Å². The molecular weight excluding hydrogens is 353 g/mol. The van der Waals surface area contributed by atoms with Crippen LogP contribution in [0.2, 0.25) is 0 Å². The molecule has 0 aromatic heterocycles. The minimum Gasteiger partial charge on any atom is -0.352 e. The summed E-state index contributed by atoms with van der Waals surface area (Å²) < 4.78 is 13.6. The summed E-state index contributed by atoms with van der Waals surface area (Å²) in [6.07, 6.45) is 3.10. The van der Waals surface area contributed by atoms with E-state index in [2.05, 4.69) is 37.2 Å². The van der Waals surface area contributed by atoms with Gasteiger partial charge in [0.15, 0.2) is 0 Å². The van der Waals surface area contributed by atoms with Gasteiger partial charge >= 0.3 is 0 Å². The topological polar surface area (TPSA) is 29.1 Å². The number of nitrogens with one attached hydrogen (secondary N) is 1. The molecule has 94 valence electrons. The first kappa shape index (κ1) is 14.6. The van der Waals surface area contributed by atoms with Crippen molar-refractivity contribution in [3.05, 3.63) is 34.1 Å². The SMILES string of the molecule is O=C(NCCCCCBr)c1cc(F)cc(Br)c1. The Morgan fingerprint density at radius 2 is 2.00 bits per heavy atom. The monoisotopic (exact) mass is 365 g/mol. The third-order valence-electron chi connectivity index (χ3n) is 2.22. The average Bonchev–Trinajstić information content (AvgIpc) is 2.27. The molecule has 1 amide bonds. The summed E-state index contributed by atoms with van der Waals surface area (Å²) in [6, 6.07) is 4.17. The van der Waals surface area contributed by atoms with Crippen molar-refractivity contribution in [3.63, 3.8) is 0 Å². The maximum absolute atomic E-state index is 13.1. The molecule has 0 unspecified atom stereocenters. The molecule has 1 rings (SSSR count). The van der Waals surface area contributed by atoms with Crippen LogP contribution in [0.3, 0.4) is 0 Å². The second kappa shape index (κ2) is 7.82. The molecule has 0 bridgehead atoms. The smallest absolute Gasteiger partial charge is 0.251 e. The molecule has 0 heterocycles. The van der Waals surface area contributed by atoms with E-state index in [4.69, 9.17) is 0 Å². The van der Waals surface area contributed by atoms with Gasteiger partial charge in [0.2, 0.25) is 0 Å². The highest BCUT2D eigenvalue weighted by atomic mass is 79.9. The van der Waals surface area contributed by atoms with Crippen molar-refractivity contribution < 1.29 is 9.18 Å². The molecule has 1 aromatic carbocycles. The van der Waals surface area contributed by atoms with Crippen LogP contribution in [-0.2, 0) is 0 Å². The van der Waals surface area contributed by atoms with Crippen molar-refractivity contribution in [1.29, 1.82) is 0 Å². The third kappa shape index (κ3) is 5.64. The number of rotatable bonds is 6. The number of carbonyl (C=O) groups is 1. The summed E-state index contributed by atoms with van der Waals surface area (Å²) in [4.78, 5) is 11.7. The largest absolute Gasteiger partial charge is 0.352 e. The van der Waals surface area contributed by atoms with E-state index in [1.807, 2.05) is 0 Å². The van der Waals surface area contributed by atoms with Crippen LogP contribution in [0.15, 0.2) is 22.7 Å². The van der Waals surface area contributed by atoms with Gasteiger partial charge in [0.05, 0.1) is 0 Å². The molecule has 0 saturated heterocycles.